The number of nitrogens with zero attached hydrogens (tertiary/aromatic N) is 4. The standard InChI is InChI=1S/C38H46F6N4O3/c1-22-16-36(2,3)17-29-30(22)31(23-8-12-37(40,41)13-9-23)32(33(39)24-4-6-26(7-5-24)38(42,43)44)34(47-29)25-10-14-48(15-11-25)35-45-18-28(19-46-35)51-21-27(50)20-49/h4-7,18-19,22-23,25,27,33,49-50H,8-17,20-21H2,1-3H3/t22-,27-,33-/m0/s1. The summed E-state index contributed by atoms with van der Waals surface area (Å²) in [6, 6.07) is 4.14. The molecule has 51 heavy (non-hydrogen) atoms. The van der Waals surface area contributed by atoms with Gasteiger partial charge < -0.3 is 19.8 Å². The number of rotatable bonds is 9. The van der Waals surface area contributed by atoms with Crippen molar-refractivity contribution in [3.63, 3.8) is 0 Å². The summed E-state index contributed by atoms with van der Waals surface area (Å²) >= 11 is 0. The summed E-state index contributed by atoms with van der Waals surface area (Å²) in [4.78, 5) is 16.1. The highest BCUT2D eigenvalue weighted by atomic mass is 19.4. The number of aliphatic hydroxyl groups excluding tert-OH is 2. The maximum atomic E-state index is 17.3. The molecule has 2 N–H and O–H groups in total. The molecule has 2 fully saturated rings. The summed E-state index contributed by atoms with van der Waals surface area (Å²) in [7, 11) is 0. The first-order valence-electron chi connectivity index (χ1n) is 17.8. The Morgan fingerprint density at radius 2 is 1.59 bits per heavy atom. The van der Waals surface area contributed by atoms with Crippen LogP contribution < -0.4 is 9.64 Å². The Hall–Kier alpha value is -3.45. The van der Waals surface area contributed by atoms with Gasteiger partial charge in [0.2, 0.25) is 11.9 Å². The zero-order valence-electron chi connectivity index (χ0n) is 29.2. The predicted octanol–water partition coefficient (Wildman–Crippen LogP) is 8.43. The number of hydrogen-bond acceptors (Lipinski definition) is 7. The lowest BCUT2D eigenvalue weighted by Crippen LogP contribution is -2.36. The molecule has 1 saturated carbocycles. The van der Waals surface area contributed by atoms with Crippen molar-refractivity contribution >= 4 is 5.95 Å². The van der Waals surface area contributed by atoms with E-state index in [1.54, 1.807) is 0 Å². The van der Waals surface area contributed by atoms with Crippen LogP contribution in [0.3, 0.4) is 0 Å². The molecule has 2 aromatic heterocycles. The Morgan fingerprint density at radius 3 is 2.18 bits per heavy atom. The number of ether oxygens (including phenoxy) is 1. The van der Waals surface area contributed by atoms with E-state index in [0.29, 0.717) is 55.3 Å². The van der Waals surface area contributed by atoms with Crippen molar-refractivity contribution in [1.82, 2.24) is 15.0 Å². The predicted molar refractivity (Wildman–Crippen MR) is 180 cm³/mol. The fourth-order valence-corrected chi connectivity index (χ4v) is 8.34. The summed E-state index contributed by atoms with van der Waals surface area (Å²) in [6.07, 6.45) is -2.01. The minimum absolute atomic E-state index is 0.000794. The minimum Gasteiger partial charge on any atom is -0.488 e. The number of alkyl halides is 6. The third kappa shape index (κ3) is 8.29. The van der Waals surface area contributed by atoms with E-state index < -0.39 is 36.5 Å². The first kappa shape index (κ1) is 37.3. The van der Waals surface area contributed by atoms with Gasteiger partial charge in [0.05, 0.1) is 30.3 Å². The average Bonchev–Trinajstić information content (AvgIpc) is 3.09. The van der Waals surface area contributed by atoms with Crippen molar-refractivity contribution < 1.29 is 41.3 Å². The Kier molecular flexibility index (Phi) is 10.6. The van der Waals surface area contributed by atoms with Gasteiger partial charge in [0.15, 0.2) is 11.9 Å². The zero-order valence-corrected chi connectivity index (χ0v) is 29.2. The fourth-order valence-electron chi connectivity index (χ4n) is 8.34. The molecule has 1 aromatic carbocycles. The fraction of sp³-hybridized carbons (Fsp3) is 0.605. The lowest BCUT2D eigenvalue weighted by molar-refractivity contribution is -0.137. The molecule has 0 bridgehead atoms. The highest BCUT2D eigenvalue weighted by Crippen LogP contribution is 2.53. The molecule has 0 unspecified atom stereocenters. The number of hydrogen-bond donors (Lipinski definition) is 2. The van der Waals surface area contributed by atoms with E-state index in [1.165, 1.54) is 24.5 Å². The van der Waals surface area contributed by atoms with Gasteiger partial charge in [-0.25, -0.2) is 23.1 Å². The van der Waals surface area contributed by atoms with Crippen LogP contribution in [-0.2, 0) is 12.6 Å². The van der Waals surface area contributed by atoms with Crippen molar-refractivity contribution in [1.29, 1.82) is 0 Å². The molecule has 3 atom stereocenters. The maximum Gasteiger partial charge on any atom is 0.416 e. The van der Waals surface area contributed by atoms with Crippen molar-refractivity contribution in [2.24, 2.45) is 5.41 Å². The highest BCUT2D eigenvalue weighted by Gasteiger charge is 2.43. The summed E-state index contributed by atoms with van der Waals surface area (Å²) in [5.74, 6) is -2.50. The van der Waals surface area contributed by atoms with E-state index >= 15 is 4.39 Å². The summed E-state index contributed by atoms with van der Waals surface area (Å²) in [5, 5.41) is 18.6. The normalized spacial score (nSPS) is 22.3. The lowest BCUT2D eigenvalue weighted by atomic mass is 9.66. The van der Waals surface area contributed by atoms with Crippen LogP contribution in [0.15, 0.2) is 36.7 Å². The molecular formula is C38H46F6N4O3. The van der Waals surface area contributed by atoms with Crippen LogP contribution in [0.5, 0.6) is 5.75 Å². The van der Waals surface area contributed by atoms with Gasteiger partial charge >= 0.3 is 6.18 Å². The van der Waals surface area contributed by atoms with Crippen molar-refractivity contribution in [2.45, 2.75) is 114 Å². The van der Waals surface area contributed by atoms with Gasteiger partial charge in [-0.2, -0.15) is 13.2 Å². The molecule has 6 rings (SSSR count). The first-order chi connectivity index (χ1) is 24.0. The molecule has 13 heteroatoms. The number of pyridine rings is 1. The molecule has 0 spiro atoms. The average molecular weight is 721 g/mol. The zero-order chi connectivity index (χ0) is 36.7. The molecule has 3 aromatic rings. The molecule has 1 aliphatic heterocycles. The molecule has 278 valence electrons. The molecule has 0 amide bonds. The van der Waals surface area contributed by atoms with Crippen LogP contribution >= 0.6 is 0 Å². The molecule has 0 radical (unpaired) electrons. The van der Waals surface area contributed by atoms with E-state index in [1.807, 2.05) is 4.90 Å². The Labute approximate surface area is 294 Å². The van der Waals surface area contributed by atoms with Crippen LogP contribution in [0.1, 0.15) is 129 Å². The SMILES string of the molecule is C[C@H]1CC(C)(C)Cc2nc(C3CCN(c4ncc(OC[C@@H](O)CO)cn4)CC3)c([C@@H](F)c3ccc(C(F)(F)F)cc3)c(C3CCC(F)(F)CC3)c21. The molecule has 1 saturated heterocycles. The van der Waals surface area contributed by atoms with Gasteiger partial charge in [0, 0.05) is 43.1 Å². The Balaban J connectivity index is 1.38. The van der Waals surface area contributed by atoms with Gasteiger partial charge in [-0.05, 0) is 84.6 Å². The quantitative estimate of drug-likeness (QED) is 0.215. The number of anilines is 1. The molecule has 3 heterocycles. The van der Waals surface area contributed by atoms with Crippen molar-refractivity contribution in [2.75, 3.05) is 31.2 Å². The van der Waals surface area contributed by atoms with Crippen LogP contribution in [0.2, 0.25) is 0 Å². The third-order valence-electron chi connectivity index (χ3n) is 10.8. The molecular weight excluding hydrogens is 674 g/mol. The monoisotopic (exact) mass is 720 g/mol. The van der Waals surface area contributed by atoms with Gasteiger partial charge in [0.1, 0.15) is 12.7 Å². The molecule has 3 aliphatic rings. The minimum atomic E-state index is -4.57. The summed E-state index contributed by atoms with van der Waals surface area (Å²) in [5.41, 5.74) is 2.59. The number of aromatic nitrogens is 3. The second-order valence-corrected chi connectivity index (χ2v) is 15.4. The van der Waals surface area contributed by atoms with Gasteiger partial charge in [-0.3, -0.25) is 4.98 Å². The number of aliphatic hydroxyl groups is 2. The third-order valence-corrected chi connectivity index (χ3v) is 10.8. The van der Waals surface area contributed by atoms with Gasteiger partial charge in [0.25, 0.3) is 0 Å². The highest BCUT2D eigenvalue weighted by molar-refractivity contribution is 5.52. The van der Waals surface area contributed by atoms with E-state index in [4.69, 9.17) is 14.8 Å². The second-order valence-electron chi connectivity index (χ2n) is 15.4. The first-order valence-corrected chi connectivity index (χ1v) is 17.8. The lowest BCUT2D eigenvalue weighted by Gasteiger charge is -2.41. The van der Waals surface area contributed by atoms with E-state index in [2.05, 4.69) is 30.7 Å². The number of piperidine rings is 1. The topological polar surface area (TPSA) is 91.6 Å². The molecule has 2 aliphatic carbocycles. The van der Waals surface area contributed by atoms with Crippen LogP contribution in [0.4, 0.5) is 32.3 Å². The summed E-state index contributed by atoms with van der Waals surface area (Å²) in [6.45, 7) is 6.94. The Bertz CT molecular complexity index is 1650. The van der Waals surface area contributed by atoms with E-state index in [-0.39, 0.29) is 61.0 Å². The van der Waals surface area contributed by atoms with E-state index in [9.17, 15) is 27.1 Å². The number of fused-ring (bicyclic) bond motifs is 1. The van der Waals surface area contributed by atoms with Crippen molar-refractivity contribution in [3.8, 4) is 5.75 Å². The van der Waals surface area contributed by atoms with Gasteiger partial charge in [-0.1, -0.05) is 32.9 Å². The van der Waals surface area contributed by atoms with Gasteiger partial charge in [-0.15, -0.1) is 0 Å². The van der Waals surface area contributed by atoms with Crippen LogP contribution in [0, 0.1) is 5.41 Å². The largest absolute Gasteiger partial charge is 0.488 e. The van der Waals surface area contributed by atoms with E-state index in [0.717, 1.165) is 35.4 Å². The van der Waals surface area contributed by atoms with Crippen LogP contribution in [-0.4, -0.2) is 63.5 Å². The summed E-state index contributed by atoms with van der Waals surface area (Å²) < 4.78 is 92.1. The maximum absolute atomic E-state index is 17.3. The smallest absolute Gasteiger partial charge is 0.416 e. The number of halogens is 6. The number of benzene rings is 1. The molecule has 7 nitrogen and oxygen atoms in total. The Morgan fingerprint density at radius 1 is 0.961 bits per heavy atom. The second kappa shape index (κ2) is 14.5. The van der Waals surface area contributed by atoms with Crippen LogP contribution in [0.25, 0.3) is 0 Å². The van der Waals surface area contributed by atoms with Crippen molar-refractivity contribution in [3.05, 3.63) is 75.9 Å².